The lowest BCUT2D eigenvalue weighted by Crippen LogP contribution is -2.39. The first-order valence-electron chi connectivity index (χ1n) is 6.77. The van der Waals surface area contributed by atoms with E-state index in [2.05, 4.69) is 17.4 Å². The summed E-state index contributed by atoms with van der Waals surface area (Å²) in [7, 11) is 0. The van der Waals surface area contributed by atoms with Crippen LogP contribution in [0.25, 0.3) is 0 Å². The van der Waals surface area contributed by atoms with Crippen molar-refractivity contribution in [1.82, 2.24) is 5.32 Å². The minimum Gasteiger partial charge on any atom is -0.376 e. The predicted octanol–water partition coefficient (Wildman–Crippen LogP) is 2.01. The number of amides is 1. The van der Waals surface area contributed by atoms with Crippen molar-refractivity contribution in [1.29, 1.82) is 0 Å². The van der Waals surface area contributed by atoms with Crippen LogP contribution in [0.5, 0.6) is 0 Å². The Morgan fingerprint density at radius 1 is 1.33 bits per heavy atom. The number of hydrogen-bond donors (Lipinski definition) is 1. The zero-order valence-electron chi connectivity index (χ0n) is 10.5. The average molecular weight is 245 g/mol. The first-order valence-corrected chi connectivity index (χ1v) is 6.77. The second-order valence-electron chi connectivity index (χ2n) is 5.29. The number of hydrogen-bond acceptors (Lipinski definition) is 2. The molecule has 3 rings (SSSR count). The summed E-state index contributed by atoms with van der Waals surface area (Å²) in [5.41, 5.74) is 0.898. The smallest absolute Gasteiger partial charge is 0.230 e. The van der Waals surface area contributed by atoms with Gasteiger partial charge in [-0.1, -0.05) is 30.3 Å². The van der Waals surface area contributed by atoms with E-state index in [1.165, 1.54) is 0 Å². The van der Waals surface area contributed by atoms with Gasteiger partial charge in [-0.3, -0.25) is 4.79 Å². The predicted molar refractivity (Wildman–Crippen MR) is 69.3 cm³/mol. The number of nitrogens with one attached hydrogen (secondary N) is 1. The molecule has 1 heterocycles. The van der Waals surface area contributed by atoms with Gasteiger partial charge >= 0.3 is 0 Å². The largest absolute Gasteiger partial charge is 0.376 e. The van der Waals surface area contributed by atoms with Gasteiger partial charge < -0.3 is 10.1 Å². The van der Waals surface area contributed by atoms with Crippen LogP contribution in [-0.2, 0) is 14.9 Å². The van der Waals surface area contributed by atoms with Crippen molar-refractivity contribution in [3.63, 3.8) is 0 Å². The summed E-state index contributed by atoms with van der Waals surface area (Å²) in [6, 6.07) is 10.1. The fraction of sp³-hybridized carbons (Fsp3) is 0.533. The molecule has 1 unspecified atom stereocenters. The standard InChI is InChI=1S/C15H19NO2/c17-14(16-11-13-7-4-10-18-13)15(8-9-15)12-5-2-1-3-6-12/h1-3,5-6,13H,4,7-11H2,(H,16,17). The van der Waals surface area contributed by atoms with E-state index < -0.39 is 0 Å². The van der Waals surface area contributed by atoms with E-state index in [1.807, 2.05) is 18.2 Å². The number of carbonyl (C=O) groups is 1. The Morgan fingerprint density at radius 3 is 2.72 bits per heavy atom. The number of benzene rings is 1. The molecule has 2 fully saturated rings. The topological polar surface area (TPSA) is 38.3 Å². The molecule has 1 aromatic rings. The van der Waals surface area contributed by atoms with E-state index in [1.54, 1.807) is 0 Å². The zero-order valence-corrected chi connectivity index (χ0v) is 10.5. The molecular weight excluding hydrogens is 226 g/mol. The molecule has 0 aromatic heterocycles. The van der Waals surface area contributed by atoms with E-state index >= 15 is 0 Å². The number of rotatable bonds is 4. The fourth-order valence-electron chi connectivity index (χ4n) is 2.71. The molecule has 18 heavy (non-hydrogen) atoms. The minimum atomic E-state index is -0.250. The molecule has 1 N–H and O–H groups in total. The molecule has 1 aromatic carbocycles. The molecule has 1 atom stereocenters. The van der Waals surface area contributed by atoms with E-state index in [9.17, 15) is 4.79 Å². The summed E-state index contributed by atoms with van der Waals surface area (Å²) in [6.45, 7) is 1.50. The Hall–Kier alpha value is -1.35. The van der Waals surface area contributed by atoms with Gasteiger partial charge in [-0.05, 0) is 31.2 Å². The first kappa shape index (κ1) is 11.7. The maximum Gasteiger partial charge on any atom is 0.230 e. The molecule has 2 aliphatic rings. The molecule has 1 aliphatic carbocycles. The lowest BCUT2D eigenvalue weighted by Gasteiger charge is -2.17. The van der Waals surface area contributed by atoms with Crippen LogP contribution in [0.2, 0.25) is 0 Å². The molecular formula is C15H19NO2. The quantitative estimate of drug-likeness (QED) is 0.881. The highest BCUT2D eigenvalue weighted by Crippen LogP contribution is 2.48. The van der Waals surface area contributed by atoms with E-state index in [0.717, 1.165) is 37.9 Å². The van der Waals surface area contributed by atoms with E-state index in [4.69, 9.17) is 4.74 Å². The van der Waals surface area contributed by atoms with Crippen molar-refractivity contribution < 1.29 is 9.53 Å². The highest BCUT2D eigenvalue weighted by molar-refractivity contribution is 5.91. The summed E-state index contributed by atoms with van der Waals surface area (Å²) < 4.78 is 5.53. The van der Waals surface area contributed by atoms with Crippen LogP contribution in [0.15, 0.2) is 30.3 Å². The van der Waals surface area contributed by atoms with Gasteiger partial charge in [0.05, 0.1) is 11.5 Å². The third-order valence-corrected chi connectivity index (χ3v) is 4.03. The monoisotopic (exact) mass is 245 g/mol. The molecule has 0 bridgehead atoms. The van der Waals surface area contributed by atoms with Crippen molar-refractivity contribution in [2.24, 2.45) is 0 Å². The van der Waals surface area contributed by atoms with Crippen molar-refractivity contribution in [3.8, 4) is 0 Å². The zero-order chi connectivity index (χ0) is 12.4. The number of carbonyl (C=O) groups excluding carboxylic acids is 1. The van der Waals surface area contributed by atoms with E-state index in [0.29, 0.717) is 6.54 Å². The summed E-state index contributed by atoms with van der Waals surface area (Å²) in [5.74, 6) is 0.171. The van der Waals surface area contributed by atoms with Crippen LogP contribution in [0.1, 0.15) is 31.2 Å². The maximum absolute atomic E-state index is 12.3. The van der Waals surface area contributed by atoms with Gasteiger partial charge in [-0.15, -0.1) is 0 Å². The van der Waals surface area contributed by atoms with Gasteiger partial charge in [-0.2, -0.15) is 0 Å². The highest BCUT2D eigenvalue weighted by atomic mass is 16.5. The van der Waals surface area contributed by atoms with Crippen LogP contribution in [-0.4, -0.2) is 25.2 Å². The summed E-state index contributed by atoms with van der Waals surface area (Å²) in [4.78, 5) is 12.3. The lowest BCUT2D eigenvalue weighted by molar-refractivity contribution is -0.124. The number of ether oxygens (including phenoxy) is 1. The average Bonchev–Trinajstić information content (AvgIpc) is 3.07. The molecule has 0 spiro atoms. The Kier molecular flexibility index (Phi) is 3.08. The molecule has 3 nitrogen and oxygen atoms in total. The van der Waals surface area contributed by atoms with Gasteiger partial charge in [0.2, 0.25) is 5.91 Å². The normalized spacial score (nSPS) is 24.8. The third kappa shape index (κ3) is 2.15. The molecule has 1 amide bonds. The molecule has 1 aliphatic heterocycles. The van der Waals surface area contributed by atoms with Crippen LogP contribution in [0.3, 0.4) is 0 Å². The Bertz CT molecular complexity index is 419. The minimum absolute atomic E-state index is 0.171. The molecule has 1 saturated carbocycles. The van der Waals surface area contributed by atoms with Crippen molar-refractivity contribution in [3.05, 3.63) is 35.9 Å². The van der Waals surface area contributed by atoms with Crippen LogP contribution >= 0.6 is 0 Å². The third-order valence-electron chi connectivity index (χ3n) is 4.03. The molecule has 96 valence electrons. The van der Waals surface area contributed by atoms with Crippen LogP contribution in [0.4, 0.5) is 0 Å². The second kappa shape index (κ2) is 4.73. The first-order chi connectivity index (χ1) is 8.81. The van der Waals surface area contributed by atoms with Gasteiger partial charge in [0.25, 0.3) is 0 Å². The van der Waals surface area contributed by atoms with Crippen molar-refractivity contribution in [2.75, 3.05) is 13.2 Å². The highest BCUT2D eigenvalue weighted by Gasteiger charge is 2.51. The molecule has 1 saturated heterocycles. The van der Waals surface area contributed by atoms with Crippen LogP contribution < -0.4 is 5.32 Å². The Morgan fingerprint density at radius 2 is 2.11 bits per heavy atom. The Labute approximate surface area is 108 Å². The van der Waals surface area contributed by atoms with Crippen molar-refractivity contribution >= 4 is 5.91 Å². The van der Waals surface area contributed by atoms with Gasteiger partial charge in [0.15, 0.2) is 0 Å². The van der Waals surface area contributed by atoms with Gasteiger partial charge in [0, 0.05) is 13.2 Å². The van der Waals surface area contributed by atoms with Crippen molar-refractivity contribution in [2.45, 2.75) is 37.2 Å². The molecule has 3 heteroatoms. The lowest BCUT2D eigenvalue weighted by atomic mass is 9.95. The van der Waals surface area contributed by atoms with Crippen LogP contribution in [0, 0.1) is 0 Å². The van der Waals surface area contributed by atoms with Gasteiger partial charge in [0.1, 0.15) is 0 Å². The maximum atomic E-state index is 12.3. The van der Waals surface area contributed by atoms with E-state index in [-0.39, 0.29) is 17.4 Å². The fourth-order valence-corrected chi connectivity index (χ4v) is 2.71. The summed E-state index contributed by atoms with van der Waals surface area (Å²) in [6.07, 6.45) is 4.34. The summed E-state index contributed by atoms with van der Waals surface area (Å²) in [5, 5.41) is 3.06. The molecule has 0 radical (unpaired) electrons. The summed E-state index contributed by atoms with van der Waals surface area (Å²) >= 11 is 0. The van der Waals surface area contributed by atoms with Gasteiger partial charge in [-0.25, -0.2) is 0 Å². The Balaban J connectivity index is 1.62. The second-order valence-corrected chi connectivity index (χ2v) is 5.29. The SMILES string of the molecule is O=C(NCC1CCCO1)C1(c2ccccc2)CC1.